The third-order valence-corrected chi connectivity index (χ3v) is 0.150. The molecule has 0 N–H and O–H groups in total. The first-order valence-electron chi connectivity index (χ1n) is 1.15. The van der Waals surface area contributed by atoms with E-state index in [1.807, 2.05) is 0 Å². The van der Waals surface area contributed by atoms with Gasteiger partial charge < -0.3 is 10.1 Å². The van der Waals surface area contributed by atoms with Crippen molar-refractivity contribution in [3.05, 3.63) is 15.0 Å². The Hall–Kier alpha value is -1.40. The van der Waals surface area contributed by atoms with Gasteiger partial charge in [0.15, 0.2) is 0 Å². The van der Waals surface area contributed by atoms with Gasteiger partial charge in [0.1, 0.15) is 0 Å². The van der Waals surface area contributed by atoms with E-state index < -0.39 is 5.03 Å². The highest BCUT2D eigenvalue weighted by Gasteiger charge is 1.81. The second-order valence-electron chi connectivity index (χ2n) is 0.498. The summed E-state index contributed by atoms with van der Waals surface area (Å²) in [5.41, 5.74) is 0. The molecule has 0 rings (SSSR count). The summed E-state index contributed by atoms with van der Waals surface area (Å²) in [4.78, 5) is 18.0. The normalized spacial score (nSPS) is 9.14. The number of nitrogens with zero attached hydrogens (tertiary/aromatic N) is 4. The molecule has 0 aromatic carbocycles. The van der Waals surface area contributed by atoms with Crippen LogP contribution in [0.5, 0.6) is 0 Å². The van der Waals surface area contributed by atoms with E-state index in [0.717, 1.165) is 0 Å². The predicted octanol–water partition coefficient (Wildman–Crippen LogP) is 0.312. The lowest BCUT2D eigenvalue weighted by atomic mass is 12.5. The van der Waals surface area contributed by atoms with Crippen molar-refractivity contribution in [1.82, 2.24) is 0 Å². The van der Waals surface area contributed by atoms with Crippen LogP contribution < -0.4 is 0 Å². The molecule has 0 fully saturated rings. The van der Waals surface area contributed by atoms with Crippen LogP contribution in [0.4, 0.5) is 0 Å². The molecule has 0 saturated heterocycles. The third-order valence-electron chi connectivity index (χ3n) is 0.150. The Morgan fingerprint density at radius 3 is 2.29 bits per heavy atom. The van der Waals surface area contributed by atoms with E-state index in [-0.39, 0.29) is 0 Å². The smallest absolute Gasteiger partial charge is 0.248 e. The van der Waals surface area contributed by atoms with Gasteiger partial charge in [0.05, 0.1) is 5.03 Å². The average Bonchev–Trinajstić information content (AvgIpc) is 1.61. The highest BCUT2D eigenvalue weighted by atomic mass is 16.7. The summed E-state index contributed by atoms with van der Waals surface area (Å²) in [6.45, 7) is 0. The molecule has 0 bridgehead atoms. The van der Waals surface area contributed by atoms with Crippen LogP contribution in [-0.2, 0) is 0 Å². The third kappa shape index (κ3) is 4.60. The largest absolute Gasteiger partial charge is 0.337 e. The zero-order valence-electron chi connectivity index (χ0n) is 3.01. The van der Waals surface area contributed by atoms with Gasteiger partial charge in [-0.15, -0.1) is 0 Å². The lowest BCUT2D eigenvalue weighted by molar-refractivity contribution is -0.494. The fraction of sp³-hybridized carbons (Fsp3) is 0. The van der Waals surface area contributed by atoms with Crippen molar-refractivity contribution in [2.75, 3.05) is 0 Å². The molecule has 7 nitrogen and oxygen atoms in total. The summed E-state index contributed by atoms with van der Waals surface area (Å²) < 4.78 is 0. The van der Waals surface area contributed by atoms with Crippen molar-refractivity contribution >= 4 is 0 Å². The molecule has 0 aliphatic heterocycles. The van der Waals surface area contributed by atoms with Crippen molar-refractivity contribution in [2.45, 2.75) is 0 Å². The minimum atomic E-state index is -1.12. The zero-order chi connectivity index (χ0) is 5.70. The van der Waals surface area contributed by atoms with Crippen LogP contribution in [-0.4, -0.2) is 5.03 Å². The van der Waals surface area contributed by atoms with Gasteiger partial charge in [-0.25, -0.2) is 0 Å². The topological polar surface area (TPSA) is 97.3 Å². The van der Waals surface area contributed by atoms with Crippen LogP contribution in [0.2, 0.25) is 0 Å². The Morgan fingerprint density at radius 1 is 1.57 bits per heavy atom. The molecule has 7 heavy (non-hydrogen) atoms. The van der Waals surface area contributed by atoms with E-state index in [9.17, 15) is 0 Å². The average molecular weight is 104 g/mol. The van der Waals surface area contributed by atoms with Gasteiger partial charge >= 0.3 is 0 Å². The van der Waals surface area contributed by atoms with Gasteiger partial charge in [-0.05, 0) is 0 Å². The number of rotatable bonds is 2. The van der Waals surface area contributed by atoms with Gasteiger partial charge in [0.2, 0.25) is 15.7 Å². The molecule has 7 heteroatoms. The van der Waals surface area contributed by atoms with Crippen LogP contribution in [0.1, 0.15) is 0 Å². The molecule has 0 aliphatic carbocycles. The maximum absolute atomic E-state index is 9.10. The fourth-order valence-electron chi connectivity index (χ4n) is 0.0490. The lowest BCUT2D eigenvalue weighted by Gasteiger charge is -1.68. The molecule has 0 atom stereocenters. The molecule has 0 amide bonds. The van der Waals surface area contributed by atoms with E-state index in [1.165, 1.54) is 0 Å². The summed E-state index contributed by atoms with van der Waals surface area (Å²) in [5, 5.41) is 14.0. The maximum atomic E-state index is 9.10. The first-order valence-corrected chi connectivity index (χ1v) is 1.15. The Balaban J connectivity index is 3.46. The number of nitro groups is 1. The van der Waals surface area contributed by atoms with Crippen molar-refractivity contribution in [3.8, 4) is 0 Å². The van der Waals surface area contributed by atoms with Crippen LogP contribution in [0.25, 0.3) is 0 Å². The minimum Gasteiger partial charge on any atom is -0.337 e. The van der Waals surface area contributed by atoms with E-state index in [1.54, 1.807) is 5.29 Å². The Morgan fingerprint density at radius 2 is 2.14 bits per heavy atom. The summed E-state index contributed by atoms with van der Waals surface area (Å²) >= 11 is 0. The van der Waals surface area contributed by atoms with Crippen LogP contribution in [0, 0.1) is 15.0 Å². The monoisotopic (exact) mass is 104 g/mol. The van der Waals surface area contributed by atoms with Crippen molar-refractivity contribution in [2.24, 2.45) is 15.7 Å². The van der Waals surface area contributed by atoms with E-state index in [0.29, 0.717) is 0 Å². The zero-order valence-corrected chi connectivity index (χ0v) is 3.01. The summed E-state index contributed by atoms with van der Waals surface area (Å²) in [7, 11) is 0. The highest BCUT2D eigenvalue weighted by molar-refractivity contribution is 4.05. The van der Waals surface area contributed by atoms with Gasteiger partial charge in [-0.3, -0.25) is 0 Å². The van der Waals surface area contributed by atoms with E-state index >= 15 is 0 Å². The molecule has 0 aliphatic rings. The molecule has 38 valence electrons. The van der Waals surface area contributed by atoms with Crippen LogP contribution in [0.3, 0.4) is 0 Å². The first-order chi connectivity index (χ1) is 3.27. The van der Waals surface area contributed by atoms with E-state index in [4.69, 9.17) is 15.0 Å². The minimum absolute atomic E-state index is 1.12. The quantitative estimate of drug-likeness (QED) is 0.218. The van der Waals surface area contributed by atoms with Crippen LogP contribution in [0.15, 0.2) is 15.7 Å². The Labute approximate surface area is 37.1 Å². The number of hydrogen-bond donors (Lipinski definition) is 0. The molecule has 0 unspecified atom stereocenters. The Kier molecular flexibility index (Phi) is 2.25. The predicted molar refractivity (Wildman–Crippen MR) is 17.6 cm³/mol. The molecule has 0 spiro atoms. The molecule has 0 aromatic rings. The maximum Gasteiger partial charge on any atom is 0.248 e. The second kappa shape index (κ2) is 2.82. The van der Waals surface area contributed by atoms with Gasteiger partial charge in [-0.1, -0.05) is 4.91 Å². The van der Waals surface area contributed by atoms with Crippen molar-refractivity contribution in [1.29, 1.82) is 0 Å². The van der Waals surface area contributed by atoms with Crippen LogP contribution >= 0.6 is 0 Å². The van der Waals surface area contributed by atoms with Crippen molar-refractivity contribution < 1.29 is 5.03 Å². The van der Waals surface area contributed by atoms with E-state index in [2.05, 4.69) is 10.4 Å². The summed E-state index contributed by atoms with van der Waals surface area (Å²) in [6, 6.07) is 0. The summed E-state index contributed by atoms with van der Waals surface area (Å²) in [6.07, 6.45) is 0. The van der Waals surface area contributed by atoms with Gasteiger partial charge in [0.25, 0.3) is 0 Å². The van der Waals surface area contributed by atoms with Gasteiger partial charge in [-0.2, -0.15) is 0 Å². The Bertz CT molecular complexity index is 104. The van der Waals surface area contributed by atoms with Gasteiger partial charge in [0, 0.05) is 0 Å². The highest BCUT2D eigenvalue weighted by Crippen LogP contribution is 1.72. The molecular weight excluding hydrogens is 104 g/mol. The summed E-state index contributed by atoms with van der Waals surface area (Å²) in [5.74, 6) is 0. The molecular formula is N4O3. The number of hydrogen-bond acceptors (Lipinski definition) is 3. The SMILES string of the molecule is O=NN=N[N+](=O)[O-]. The second-order valence-corrected chi connectivity index (χ2v) is 0.498. The van der Waals surface area contributed by atoms with Crippen molar-refractivity contribution in [3.63, 3.8) is 0 Å². The number of nitroso groups, excluding NO2 is 1. The lowest BCUT2D eigenvalue weighted by Crippen LogP contribution is -1.79. The molecule has 0 radical (unpaired) electrons. The fourth-order valence-corrected chi connectivity index (χ4v) is 0.0490. The molecule has 0 saturated carbocycles. The standard InChI is InChI=1S/N4O3/c5-3-1-2-4(6)7. The molecule has 0 heterocycles. The molecule has 0 aromatic heterocycles. The first kappa shape index (κ1) is 5.60.